The van der Waals surface area contributed by atoms with E-state index in [1.807, 2.05) is 54.9 Å². The zero-order chi connectivity index (χ0) is 16.1. The standard InChI is InChI=1S/C20H17NO2/c22-19-9-8-17(14-20(19)23)7-6-16-10-12-21(13-11-16)15-18-4-2-1-3-5-18/h1-14,23H,15H2/p+1. The SMILES string of the molecule is Oc1ccc(C=Cc2cc[n+](Cc3ccccc3)cc2)cc1O. The molecule has 0 aliphatic heterocycles. The lowest BCUT2D eigenvalue weighted by Crippen LogP contribution is -2.32. The highest BCUT2D eigenvalue weighted by molar-refractivity contribution is 5.70. The molecule has 1 heterocycles. The Labute approximate surface area is 135 Å². The smallest absolute Gasteiger partial charge is 0.173 e. The van der Waals surface area contributed by atoms with E-state index in [4.69, 9.17) is 0 Å². The van der Waals surface area contributed by atoms with Crippen molar-refractivity contribution in [2.45, 2.75) is 6.54 Å². The number of rotatable bonds is 4. The summed E-state index contributed by atoms with van der Waals surface area (Å²) in [4.78, 5) is 0. The Morgan fingerprint density at radius 1 is 0.739 bits per heavy atom. The number of benzene rings is 2. The molecule has 0 spiro atoms. The molecule has 0 atom stereocenters. The lowest BCUT2D eigenvalue weighted by molar-refractivity contribution is -0.688. The number of aromatic hydroxyl groups is 2. The van der Waals surface area contributed by atoms with Gasteiger partial charge in [0, 0.05) is 17.7 Å². The van der Waals surface area contributed by atoms with Crippen LogP contribution in [0.5, 0.6) is 11.5 Å². The summed E-state index contributed by atoms with van der Waals surface area (Å²) in [6, 6.07) is 19.2. The van der Waals surface area contributed by atoms with E-state index in [1.165, 1.54) is 17.7 Å². The number of aromatic nitrogens is 1. The zero-order valence-electron chi connectivity index (χ0n) is 12.6. The Morgan fingerprint density at radius 3 is 2.13 bits per heavy atom. The summed E-state index contributed by atoms with van der Waals surface area (Å²) >= 11 is 0. The first-order valence-electron chi connectivity index (χ1n) is 7.44. The third-order valence-electron chi connectivity index (χ3n) is 3.59. The van der Waals surface area contributed by atoms with Gasteiger partial charge in [-0.3, -0.25) is 0 Å². The molecule has 3 nitrogen and oxygen atoms in total. The Balaban J connectivity index is 1.69. The van der Waals surface area contributed by atoms with Crippen molar-refractivity contribution in [3.63, 3.8) is 0 Å². The van der Waals surface area contributed by atoms with Crippen LogP contribution in [-0.4, -0.2) is 10.2 Å². The van der Waals surface area contributed by atoms with Crippen molar-refractivity contribution in [1.82, 2.24) is 0 Å². The molecule has 0 fully saturated rings. The van der Waals surface area contributed by atoms with Crippen LogP contribution in [0.2, 0.25) is 0 Å². The number of hydrogen-bond donors (Lipinski definition) is 2. The fourth-order valence-corrected chi connectivity index (χ4v) is 2.32. The van der Waals surface area contributed by atoms with Crippen molar-refractivity contribution in [3.05, 3.63) is 89.7 Å². The van der Waals surface area contributed by atoms with Crippen molar-refractivity contribution < 1.29 is 14.8 Å². The van der Waals surface area contributed by atoms with E-state index in [-0.39, 0.29) is 11.5 Å². The first kappa shape index (κ1) is 14.9. The molecule has 3 rings (SSSR count). The second-order valence-corrected chi connectivity index (χ2v) is 5.37. The molecule has 0 aliphatic carbocycles. The van der Waals surface area contributed by atoms with Gasteiger partial charge < -0.3 is 10.2 Å². The van der Waals surface area contributed by atoms with Crippen molar-refractivity contribution in [1.29, 1.82) is 0 Å². The molecule has 0 aliphatic rings. The van der Waals surface area contributed by atoms with E-state index in [2.05, 4.69) is 16.7 Å². The van der Waals surface area contributed by atoms with Crippen LogP contribution in [-0.2, 0) is 6.54 Å². The summed E-state index contributed by atoms with van der Waals surface area (Å²) in [6.45, 7) is 0.844. The van der Waals surface area contributed by atoms with Gasteiger partial charge in [-0.05, 0) is 23.3 Å². The van der Waals surface area contributed by atoms with Crippen LogP contribution in [0, 0.1) is 0 Å². The summed E-state index contributed by atoms with van der Waals surface area (Å²) in [6.07, 6.45) is 7.96. The Morgan fingerprint density at radius 2 is 1.43 bits per heavy atom. The topological polar surface area (TPSA) is 44.3 Å². The van der Waals surface area contributed by atoms with E-state index in [0.717, 1.165) is 17.7 Å². The van der Waals surface area contributed by atoms with Gasteiger partial charge in [-0.1, -0.05) is 48.6 Å². The number of phenols is 2. The number of phenolic OH excluding ortho intramolecular Hbond substituents is 2. The molecule has 0 unspecified atom stereocenters. The summed E-state index contributed by atoms with van der Waals surface area (Å²) in [5.41, 5.74) is 3.17. The van der Waals surface area contributed by atoms with Gasteiger partial charge in [0.15, 0.2) is 30.4 Å². The van der Waals surface area contributed by atoms with Gasteiger partial charge in [-0.2, -0.15) is 0 Å². The van der Waals surface area contributed by atoms with E-state index in [9.17, 15) is 10.2 Å². The maximum absolute atomic E-state index is 9.49. The largest absolute Gasteiger partial charge is 0.504 e. The molecule has 114 valence electrons. The summed E-state index contributed by atoms with van der Waals surface area (Å²) in [5, 5.41) is 18.8. The molecular weight excluding hydrogens is 286 g/mol. The molecule has 0 radical (unpaired) electrons. The highest BCUT2D eigenvalue weighted by Gasteiger charge is 2.02. The third-order valence-corrected chi connectivity index (χ3v) is 3.59. The Kier molecular flexibility index (Phi) is 4.39. The van der Waals surface area contributed by atoms with Crippen LogP contribution in [0.1, 0.15) is 16.7 Å². The molecule has 0 saturated carbocycles. The lowest BCUT2D eigenvalue weighted by atomic mass is 10.1. The predicted octanol–water partition coefficient (Wildman–Crippen LogP) is 3.60. The van der Waals surface area contributed by atoms with Crippen LogP contribution >= 0.6 is 0 Å². The van der Waals surface area contributed by atoms with Gasteiger partial charge in [-0.25, -0.2) is 4.57 Å². The van der Waals surface area contributed by atoms with Crippen LogP contribution in [0.25, 0.3) is 12.2 Å². The van der Waals surface area contributed by atoms with E-state index in [0.29, 0.717) is 0 Å². The molecule has 23 heavy (non-hydrogen) atoms. The van der Waals surface area contributed by atoms with Crippen molar-refractivity contribution in [2.24, 2.45) is 0 Å². The van der Waals surface area contributed by atoms with Crippen LogP contribution in [0.15, 0.2) is 73.1 Å². The second kappa shape index (κ2) is 6.79. The average molecular weight is 304 g/mol. The van der Waals surface area contributed by atoms with E-state index >= 15 is 0 Å². The highest BCUT2D eigenvalue weighted by atomic mass is 16.3. The lowest BCUT2D eigenvalue weighted by Gasteiger charge is -1.99. The predicted molar refractivity (Wildman–Crippen MR) is 90.9 cm³/mol. The Bertz CT molecular complexity index is 809. The molecule has 2 aromatic carbocycles. The molecule has 3 aromatic rings. The van der Waals surface area contributed by atoms with E-state index < -0.39 is 0 Å². The summed E-state index contributed by atoms with van der Waals surface area (Å²) < 4.78 is 2.12. The van der Waals surface area contributed by atoms with Gasteiger partial charge in [0.2, 0.25) is 0 Å². The summed E-state index contributed by atoms with van der Waals surface area (Å²) in [7, 11) is 0. The van der Waals surface area contributed by atoms with Crippen molar-refractivity contribution in [2.75, 3.05) is 0 Å². The fourth-order valence-electron chi connectivity index (χ4n) is 2.32. The highest BCUT2D eigenvalue weighted by Crippen LogP contribution is 2.25. The minimum atomic E-state index is -0.110. The van der Waals surface area contributed by atoms with Crippen LogP contribution in [0.4, 0.5) is 0 Å². The van der Waals surface area contributed by atoms with Gasteiger partial charge >= 0.3 is 0 Å². The first-order chi connectivity index (χ1) is 11.2. The van der Waals surface area contributed by atoms with Crippen molar-refractivity contribution in [3.8, 4) is 11.5 Å². The molecule has 3 heteroatoms. The van der Waals surface area contributed by atoms with Crippen LogP contribution in [0.3, 0.4) is 0 Å². The molecule has 0 amide bonds. The first-order valence-corrected chi connectivity index (χ1v) is 7.44. The van der Waals surface area contributed by atoms with Gasteiger partial charge in [0.25, 0.3) is 0 Å². The number of nitrogens with zero attached hydrogens (tertiary/aromatic N) is 1. The number of hydrogen-bond acceptors (Lipinski definition) is 2. The van der Waals surface area contributed by atoms with Gasteiger partial charge in [0.05, 0.1) is 0 Å². The maximum Gasteiger partial charge on any atom is 0.173 e. The maximum atomic E-state index is 9.49. The minimum absolute atomic E-state index is 0.108. The zero-order valence-corrected chi connectivity index (χ0v) is 12.6. The number of pyridine rings is 1. The second-order valence-electron chi connectivity index (χ2n) is 5.37. The molecule has 0 bridgehead atoms. The monoisotopic (exact) mass is 304 g/mol. The van der Waals surface area contributed by atoms with Gasteiger partial charge in [-0.15, -0.1) is 0 Å². The molecule has 0 saturated heterocycles. The molecule has 1 aromatic heterocycles. The average Bonchev–Trinajstić information content (AvgIpc) is 2.58. The van der Waals surface area contributed by atoms with Gasteiger partial charge in [0.1, 0.15) is 0 Å². The molecular formula is C20H18NO2+. The summed E-state index contributed by atoms with van der Waals surface area (Å²) in [5.74, 6) is -0.218. The van der Waals surface area contributed by atoms with E-state index in [1.54, 1.807) is 6.07 Å². The normalized spacial score (nSPS) is 11.0. The Hall–Kier alpha value is -3.07. The fraction of sp³-hybridized carbons (Fsp3) is 0.0500. The third kappa shape index (κ3) is 3.98. The van der Waals surface area contributed by atoms with Crippen LogP contribution < -0.4 is 4.57 Å². The quantitative estimate of drug-likeness (QED) is 0.571. The van der Waals surface area contributed by atoms with Crippen molar-refractivity contribution >= 4 is 12.2 Å². The molecule has 2 N–H and O–H groups in total. The minimum Gasteiger partial charge on any atom is -0.504 e.